The molecule has 0 aliphatic carbocycles. The predicted molar refractivity (Wildman–Crippen MR) is 115 cm³/mol. The number of hydrogen-bond acceptors (Lipinski definition) is 0. The Labute approximate surface area is 183 Å². The Balaban J connectivity index is 2.27. The fourth-order valence-corrected chi connectivity index (χ4v) is 4.46. The Morgan fingerprint density at radius 3 is 1.15 bits per heavy atom. The summed E-state index contributed by atoms with van der Waals surface area (Å²) >= 11 is 19.8. The van der Waals surface area contributed by atoms with Crippen LogP contribution in [0.1, 0.15) is 29.5 Å². The van der Waals surface area contributed by atoms with Gasteiger partial charge in [0.05, 0.1) is 0 Å². The monoisotopic (exact) mass is 508 g/mol. The van der Waals surface area contributed by atoms with Gasteiger partial charge in [-0.25, -0.2) is 0 Å². The van der Waals surface area contributed by atoms with Gasteiger partial charge >= 0.3 is 185 Å². The predicted octanol–water partition coefficient (Wildman–Crippen LogP) is 7.08. The Morgan fingerprint density at radius 1 is 0.577 bits per heavy atom. The minimum atomic E-state index is -0.247. The summed E-state index contributed by atoms with van der Waals surface area (Å²) in [4.78, 5) is 0. The Morgan fingerprint density at radius 2 is 0.885 bits per heavy atom. The molecule has 0 aliphatic rings. The molecular formula is C22H19Cl3Sn. The van der Waals surface area contributed by atoms with Gasteiger partial charge in [-0.2, -0.15) is 0 Å². The number of hydrogen-bond donors (Lipinski definition) is 0. The van der Waals surface area contributed by atoms with Crippen LogP contribution in [0.5, 0.6) is 0 Å². The summed E-state index contributed by atoms with van der Waals surface area (Å²) in [5.41, 5.74) is 3.46. The topological polar surface area (TPSA) is 0 Å². The first-order valence-corrected chi connectivity index (χ1v) is 12.0. The van der Waals surface area contributed by atoms with E-state index in [0.717, 1.165) is 27.9 Å². The van der Waals surface area contributed by atoms with Gasteiger partial charge < -0.3 is 0 Å². The molecule has 3 aromatic rings. The molecule has 0 nitrogen and oxygen atoms in total. The second-order valence-corrected chi connectivity index (χ2v) is 9.28. The molecule has 3 rings (SSSR count). The second kappa shape index (κ2) is 9.01. The quantitative estimate of drug-likeness (QED) is 0.247. The third-order valence-electron chi connectivity index (χ3n) is 4.77. The van der Waals surface area contributed by atoms with Crippen LogP contribution in [0.2, 0.25) is 19.5 Å². The zero-order chi connectivity index (χ0) is 18.6. The van der Waals surface area contributed by atoms with Crippen molar-refractivity contribution >= 4 is 57.3 Å². The molecule has 2 radical (unpaired) electrons. The van der Waals surface area contributed by atoms with Gasteiger partial charge in [0.15, 0.2) is 0 Å². The van der Waals surface area contributed by atoms with Gasteiger partial charge in [0.25, 0.3) is 0 Å². The minimum absolute atomic E-state index is 0.247. The number of rotatable bonds is 6. The van der Waals surface area contributed by atoms with E-state index in [0.29, 0.717) is 0 Å². The molecule has 0 N–H and O–H groups in total. The molecule has 0 saturated heterocycles. The van der Waals surface area contributed by atoms with Crippen LogP contribution in [0.15, 0.2) is 72.8 Å². The van der Waals surface area contributed by atoms with Crippen molar-refractivity contribution in [3.05, 3.63) is 105 Å². The zero-order valence-corrected chi connectivity index (χ0v) is 19.8. The average molecular weight is 508 g/mol. The average Bonchev–Trinajstić information content (AvgIpc) is 2.66. The van der Waals surface area contributed by atoms with E-state index in [1.807, 2.05) is 36.4 Å². The zero-order valence-electron chi connectivity index (χ0n) is 14.3. The van der Waals surface area contributed by atoms with E-state index in [2.05, 4.69) is 36.4 Å². The van der Waals surface area contributed by atoms with Gasteiger partial charge in [0.2, 0.25) is 0 Å². The summed E-state index contributed by atoms with van der Waals surface area (Å²) < 4.78 is 1.25. The van der Waals surface area contributed by atoms with E-state index in [4.69, 9.17) is 34.8 Å². The molecule has 0 aromatic heterocycles. The van der Waals surface area contributed by atoms with Gasteiger partial charge in [0, 0.05) is 0 Å². The molecule has 0 bridgehead atoms. The Kier molecular flexibility index (Phi) is 6.96. The van der Waals surface area contributed by atoms with Crippen LogP contribution < -0.4 is 0 Å². The summed E-state index contributed by atoms with van der Waals surface area (Å²) in [6, 6.07) is 24.6. The first kappa shape index (κ1) is 20.1. The van der Waals surface area contributed by atoms with Gasteiger partial charge in [-0.05, 0) is 0 Å². The summed E-state index contributed by atoms with van der Waals surface area (Å²) in [5, 5.41) is 2.24. The van der Waals surface area contributed by atoms with Crippen LogP contribution in [-0.2, 0) is 5.41 Å². The van der Waals surface area contributed by atoms with Gasteiger partial charge in [0.1, 0.15) is 0 Å². The van der Waals surface area contributed by atoms with Crippen molar-refractivity contribution in [2.24, 2.45) is 0 Å². The second-order valence-electron chi connectivity index (χ2n) is 6.32. The maximum absolute atomic E-state index is 6.17. The molecule has 4 heteroatoms. The normalized spacial score (nSPS) is 11.5. The Bertz CT molecular complexity index is 729. The van der Waals surface area contributed by atoms with Crippen molar-refractivity contribution in [2.75, 3.05) is 0 Å². The molecule has 0 atom stereocenters. The molecule has 0 aliphatic heterocycles. The number of benzene rings is 3. The first-order chi connectivity index (χ1) is 12.6. The van der Waals surface area contributed by atoms with E-state index in [-0.39, 0.29) is 5.41 Å². The molecule has 0 amide bonds. The molecule has 0 spiro atoms. The van der Waals surface area contributed by atoms with Crippen molar-refractivity contribution in [3.63, 3.8) is 0 Å². The van der Waals surface area contributed by atoms with Crippen LogP contribution in [0.4, 0.5) is 0 Å². The molecule has 3 aromatic carbocycles. The van der Waals surface area contributed by atoms with Crippen molar-refractivity contribution in [3.8, 4) is 0 Å². The molecule has 132 valence electrons. The molecule has 26 heavy (non-hydrogen) atoms. The number of halogens is 3. The summed E-state index contributed by atoms with van der Waals surface area (Å²) in [6.45, 7) is 0. The van der Waals surface area contributed by atoms with Crippen molar-refractivity contribution in [1.29, 1.82) is 0 Å². The molecule has 0 heterocycles. The van der Waals surface area contributed by atoms with Crippen LogP contribution >= 0.6 is 34.8 Å². The van der Waals surface area contributed by atoms with Gasteiger partial charge in [-0.15, -0.1) is 0 Å². The maximum atomic E-state index is 6.17. The third kappa shape index (κ3) is 4.25. The molecule has 0 fully saturated rings. The van der Waals surface area contributed by atoms with E-state index in [1.54, 1.807) is 0 Å². The summed E-state index contributed by atoms with van der Waals surface area (Å²) in [6.07, 6.45) is 2.19. The van der Waals surface area contributed by atoms with Crippen LogP contribution in [0, 0.1) is 0 Å². The third-order valence-corrected chi connectivity index (χ3v) is 6.69. The van der Waals surface area contributed by atoms with E-state index < -0.39 is 0 Å². The standard InChI is InChI=1S/C22H18Cl3.Sn.H/c1-2-15-22(16-3-9-19(23)10-4-16,17-5-11-20(24)12-6-17)18-7-13-21(25)14-8-18;;/h3-14H,1-2,15H2;;. The van der Waals surface area contributed by atoms with Crippen LogP contribution in [-0.4, -0.2) is 22.5 Å². The molecule has 0 saturated carbocycles. The first-order valence-electron chi connectivity index (χ1n) is 8.54. The summed E-state index contributed by atoms with van der Waals surface area (Å²) in [7, 11) is 0. The fourth-order valence-electron chi connectivity index (χ4n) is 3.50. The summed E-state index contributed by atoms with van der Waals surface area (Å²) in [5.74, 6) is 0. The van der Waals surface area contributed by atoms with Crippen molar-refractivity contribution < 1.29 is 0 Å². The van der Waals surface area contributed by atoms with Gasteiger partial charge in [-0.3, -0.25) is 0 Å². The Hall–Kier alpha value is -0.671. The fraction of sp³-hybridized carbons (Fsp3) is 0.182. The molecular weight excluding hydrogens is 489 g/mol. The SMILES string of the molecule is Clc1ccc(C(CC[CH2][SnH])(c2ccc(Cl)cc2)c2ccc(Cl)cc2)cc1. The van der Waals surface area contributed by atoms with Crippen molar-refractivity contribution in [2.45, 2.75) is 22.7 Å². The van der Waals surface area contributed by atoms with Crippen LogP contribution in [0.25, 0.3) is 0 Å². The van der Waals surface area contributed by atoms with Crippen molar-refractivity contribution in [1.82, 2.24) is 0 Å². The van der Waals surface area contributed by atoms with E-state index in [1.165, 1.54) is 43.7 Å². The van der Waals surface area contributed by atoms with Crippen LogP contribution in [0.3, 0.4) is 0 Å². The van der Waals surface area contributed by atoms with E-state index >= 15 is 0 Å². The molecule has 0 unspecified atom stereocenters. The van der Waals surface area contributed by atoms with E-state index in [9.17, 15) is 0 Å². The van der Waals surface area contributed by atoms with Gasteiger partial charge in [-0.1, -0.05) is 0 Å².